The number of nitrogens with zero attached hydrogens (tertiary/aromatic N) is 1. The van der Waals surface area contributed by atoms with Crippen LogP contribution in [0, 0.1) is 24.7 Å². The Hall–Kier alpha value is -1.54. The Labute approximate surface area is 162 Å². The normalized spacial score (nSPS) is 32.5. The average molecular weight is 362 g/mol. The molecule has 0 unspecified atom stereocenters. The molecule has 0 aromatic heterocycles. The number of para-hydroxylation sites is 1. The van der Waals surface area contributed by atoms with E-state index in [2.05, 4.69) is 19.1 Å². The highest BCUT2D eigenvalue weighted by Crippen LogP contribution is 2.61. The van der Waals surface area contributed by atoms with Crippen LogP contribution in [0.5, 0.6) is 0 Å². The number of thiol groups is 1. The van der Waals surface area contributed by atoms with Crippen molar-refractivity contribution >= 4 is 24.5 Å². The molecule has 4 aliphatic carbocycles. The molecule has 2 aromatic carbocycles. The molecular weight excluding hydrogens is 334 g/mol. The van der Waals surface area contributed by atoms with Crippen LogP contribution in [0.1, 0.15) is 55.2 Å². The second-order valence-electron chi connectivity index (χ2n) is 9.04. The maximum absolute atomic E-state index is 5.03. The van der Waals surface area contributed by atoms with Gasteiger partial charge in [-0.15, -0.1) is 12.6 Å². The van der Waals surface area contributed by atoms with Crippen LogP contribution in [-0.4, -0.2) is 6.21 Å². The minimum atomic E-state index is 0.382. The molecule has 0 N–H and O–H groups in total. The smallest absolute Gasteiger partial charge is 0.0629 e. The summed E-state index contributed by atoms with van der Waals surface area (Å²) in [5, 5.41) is 0. The van der Waals surface area contributed by atoms with Gasteiger partial charge in [0.05, 0.1) is 5.69 Å². The van der Waals surface area contributed by atoms with Crippen LogP contribution in [0.2, 0.25) is 0 Å². The summed E-state index contributed by atoms with van der Waals surface area (Å²) in [5.74, 6) is 2.86. The Kier molecular flexibility index (Phi) is 4.01. The fourth-order valence-corrected chi connectivity index (χ4v) is 6.83. The maximum atomic E-state index is 5.03. The molecule has 4 saturated carbocycles. The molecule has 0 heterocycles. The van der Waals surface area contributed by atoms with E-state index in [9.17, 15) is 0 Å². The molecule has 2 aromatic rings. The van der Waals surface area contributed by atoms with Crippen LogP contribution in [0.3, 0.4) is 0 Å². The first-order valence-electron chi connectivity index (χ1n) is 10.0. The van der Waals surface area contributed by atoms with E-state index in [1.165, 1.54) is 55.2 Å². The van der Waals surface area contributed by atoms with E-state index in [1.54, 1.807) is 0 Å². The van der Waals surface area contributed by atoms with E-state index >= 15 is 0 Å². The lowest BCUT2D eigenvalue weighted by molar-refractivity contribution is -0.00640. The van der Waals surface area contributed by atoms with Crippen molar-refractivity contribution < 1.29 is 0 Å². The first kappa shape index (κ1) is 16.6. The van der Waals surface area contributed by atoms with Gasteiger partial charge in [-0.2, -0.15) is 0 Å². The molecule has 4 aliphatic rings. The highest BCUT2D eigenvalue weighted by molar-refractivity contribution is 7.80. The summed E-state index contributed by atoms with van der Waals surface area (Å²) in [6.07, 6.45) is 10.6. The van der Waals surface area contributed by atoms with Crippen molar-refractivity contribution in [1.82, 2.24) is 0 Å². The summed E-state index contributed by atoms with van der Waals surface area (Å²) in [6, 6.07) is 14.8. The predicted molar refractivity (Wildman–Crippen MR) is 112 cm³/mol. The van der Waals surface area contributed by atoms with Gasteiger partial charge in [0.1, 0.15) is 0 Å². The molecule has 2 heteroatoms. The van der Waals surface area contributed by atoms with Crippen LogP contribution < -0.4 is 0 Å². The first-order valence-corrected chi connectivity index (χ1v) is 10.5. The van der Waals surface area contributed by atoms with E-state index in [-0.39, 0.29) is 0 Å². The number of benzene rings is 2. The summed E-state index contributed by atoms with van der Waals surface area (Å²) in [4.78, 5) is 5.86. The van der Waals surface area contributed by atoms with Gasteiger partial charge in [0, 0.05) is 16.7 Å². The number of aryl methyl sites for hydroxylation is 1. The van der Waals surface area contributed by atoms with Crippen molar-refractivity contribution in [3.05, 3.63) is 59.2 Å². The molecule has 4 bridgehead atoms. The molecule has 26 heavy (non-hydrogen) atoms. The summed E-state index contributed by atoms with van der Waals surface area (Å²) < 4.78 is 0. The molecule has 0 saturated heterocycles. The summed E-state index contributed by atoms with van der Waals surface area (Å²) in [5.41, 5.74) is 5.39. The van der Waals surface area contributed by atoms with Gasteiger partial charge in [-0.3, -0.25) is 4.99 Å². The SMILES string of the molecule is Cc1cc(C=Nc2ccccc2)c(S)c(C23CC4CC(CC(C4)C2)C3)c1. The Morgan fingerprint density at radius 1 is 0.962 bits per heavy atom. The van der Waals surface area contributed by atoms with Crippen molar-refractivity contribution in [3.63, 3.8) is 0 Å². The van der Waals surface area contributed by atoms with Crippen molar-refractivity contribution in [2.24, 2.45) is 22.7 Å². The third-order valence-electron chi connectivity index (χ3n) is 7.00. The average Bonchev–Trinajstić information content (AvgIpc) is 2.62. The molecule has 4 fully saturated rings. The lowest BCUT2D eigenvalue weighted by Gasteiger charge is -2.57. The van der Waals surface area contributed by atoms with Crippen molar-refractivity contribution in [2.75, 3.05) is 0 Å². The Morgan fingerprint density at radius 3 is 2.19 bits per heavy atom. The lowest BCUT2D eigenvalue weighted by atomic mass is 9.48. The van der Waals surface area contributed by atoms with Gasteiger partial charge in [0.2, 0.25) is 0 Å². The monoisotopic (exact) mass is 361 g/mol. The van der Waals surface area contributed by atoms with Crippen LogP contribution in [0.25, 0.3) is 0 Å². The maximum Gasteiger partial charge on any atom is 0.0629 e. The van der Waals surface area contributed by atoms with Gasteiger partial charge in [0.15, 0.2) is 0 Å². The number of hydrogen-bond acceptors (Lipinski definition) is 2. The van der Waals surface area contributed by atoms with Crippen LogP contribution >= 0.6 is 12.6 Å². The lowest BCUT2D eigenvalue weighted by Crippen LogP contribution is -2.48. The molecule has 6 rings (SSSR count). The van der Waals surface area contributed by atoms with Gasteiger partial charge in [-0.1, -0.05) is 29.8 Å². The molecule has 0 amide bonds. The zero-order valence-electron chi connectivity index (χ0n) is 15.5. The fraction of sp³-hybridized carbons (Fsp3) is 0.458. The topological polar surface area (TPSA) is 12.4 Å². The van der Waals surface area contributed by atoms with Crippen LogP contribution in [-0.2, 0) is 5.41 Å². The summed E-state index contributed by atoms with van der Waals surface area (Å²) >= 11 is 5.03. The van der Waals surface area contributed by atoms with Crippen molar-refractivity contribution in [2.45, 2.75) is 55.8 Å². The zero-order valence-corrected chi connectivity index (χ0v) is 16.4. The second kappa shape index (κ2) is 6.27. The highest BCUT2D eigenvalue weighted by Gasteiger charge is 2.52. The van der Waals surface area contributed by atoms with E-state index in [1.807, 2.05) is 36.5 Å². The fourth-order valence-electron chi connectivity index (χ4n) is 6.41. The van der Waals surface area contributed by atoms with Crippen molar-refractivity contribution in [3.8, 4) is 0 Å². The Morgan fingerprint density at radius 2 is 1.58 bits per heavy atom. The first-order chi connectivity index (χ1) is 12.6. The van der Waals surface area contributed by atoms with Crippen LogP contribution in [0.4, 0.5) is 5.69 Å². The molecule has 134 valence electrons. The molecule has 0 spiro atoms. The van der Waals surface area contributed by atoms with E-state index in [0.29, 0.717) is 5.41 Å². The Balaban J connectivity index is 1.54. The Bertz CT molecular complexity index is 817. The minimum absolute atomic E-state index is 0.382. The molecule has 0 aliphatic heterocycles. The standard InChI is InChI=1S/C24H27NS/c1-16-7-20(15-25-21-5-3-2-4-6-21)23(26)22(8-16)24-12-17-9-18(13-24)11-19(10-17)14-24/h2-8,15,17-19,26H,9-14H2,1H3. The minimum Gasteiger partial charge on any atom is -0.256 e. The molecule has 1 nitrogen and oxygen atoms in total. The second-order valence-corrected chi connectivity index (χ2v) is 9.49. The third-order valence-corrected chi connectivity index (χ3v) is 7.50. The molecule has 0 atom stereocenters. The van der Waals surface area contributed by atoms with Crippen molar-refractivity contribution in [1.29, 1.82) is 0 Å². The van der Waals surface area contributed by atoms with Gasteiger partial charge in [-0.25, -0.2) is 0 Å². The van der Waals surface area contributed by atoms with Crippen LogP contribution in [0.15, 0.2) is 52.4 Å². The molecular formula is C24H27NS. The van der Waals surface area contributed by atoms with Gasteiger partial charge < -0.3 is 0 Å². The number of aliphatic imine (C=N–C) groups is 1. The third kappa shape index (κ3) is 2.83. The zero-order chi connectivity index (χ0) is 17.7. The largest absolute Gasteiger partial charge is 0.256 e. The summed E-state index contributed by atoms with van der Waals surface area (Å²) in [6.45, 7) is 2.22. The highest BCUT2D eigenvalue weighted by atomic mass is 32.1. The van der Waals surface area contributed by atoms with Gasteiger partial charge in [0.25, 0.3) is 0 Å². The van der Waals surface area contributed by atoms with Gasteiger partial charge >= 0.3 is 0 Å². The number of rotatable bonds is 3. The van der Waals surface area contributed by atoms with E-state index in [4.69, 9.17) is 17.6 Å². The predicted octanol–water partition coefficient (Wildman–Crippen LogP) is 6.50. The van der Waals surface area contributed by atoms with E-state index in [0.717, 1.165) is 28.3 Å². The number of hydrogen-bond donors (Lipinski definition) is 1. The molecule has 0 radical (unpaired) electrons. The summed E-state index contributed by atoms with van der Waals surface area (Å²) in [7, 11) is 0. The van der Waals surface area contributed by atoms with Gasteiger partial charge in [-0.05, 0) is 92.4 Å². The van der Waals surface area contributed by atoms with E-state index < -0.39 is 0 Å². The quantitative estimate of drug-likeness (QED) is 0.473.